The lowest BCUT2D eigenvalue weighted by Gasteiger charge is -2.25. The maximum Gasteiger partial charge on any atom is 0.171 e. The molecule has 0 aliphatic heterocycles. The predicted octanol–water partition coefficient (Wildman–Crippen LogP) is 2.95. The Kier molecular flexibility index (Phi) is 4.87. The van der Waals surface area contributed by atoms with Gasteiger partial charge in [-0.25, -0.2) is 0 Å². The third-order valence-electron chi connectivity index (χ3n) is 3.21. The monoisotopic (exact) mass is 280 g/mol. The summed E-state index contributed by atoms with van der Waals surface area (Å²) in [7, 11) is 3.30. The van der Waals surface area contributed by atoms with Crippen molar-refractivity contribution in [1.29, 1.82) is 0 Å². The Hall–Kier alpha value is -1.01. The van der Waals surface area contributed by atoms with Crippen molar-refractivity contribution in [3.8, 4) is 0 Å². The van der Waals surface area contributed by atoms with Gasteiger partial charge in [0.2, 0.25) is 0 Å². The largest absolute Gasteiger partial charge is 0.354 e. The molecule has 0 spiro atoms. The second-order valence-corrected chi connectivity index (χ2v) is 5.54. The van der Waals surface area contributed by atoms with E-state index in [9.17, 15) is 0 Å². The molecule has 0 radical (unpaired) electrons. The van der Waals surface area contributed by atoms with Crippen LogP contribution in [0, 0.1) is 0 Å². The van der Waals surface area contributed by atoms with E-state index in [4.69, 9.17) is 9.47 Å². The van der Waals surface area contributed by atoms with E-state index >= 15 is 0 Å². The molecule has 4 nitrogen and oxygen atoms in total. The Morgan fingerprint density at radius 3 is 2.68 bits per heavy atom. The quantitative estimate of drug-likeness (QED) is 0.826. The van der Waals surface area contributed by atoms with Crippen molar-refractivity contribution >= 4 is 21.6 Å². The minimum Gasteiger partial charge on any atom is -0.354 e. The summed E-state index contributed by atoms with van der Waals surface area (Å²) in [4.78, 5) is 4.46. The molecule has 2 unspecified atom stereocenters. The van der Waals surface area contributed by atoms with Crippen LogP contribution in [-0.4, -0.2) is 31.5 Å². The lowest BCUT2D eigenvalue weighted by atomic mass is 10.1. The summed E-state index contributed by atoms with van der Waals surface area (Å²) in [6.07, 6.45) is 1.68. The van der Waals surface area contributed by atoms with Crippen LogP contribution in [-0.2, 0) is 9.47 Å². The normalized spacial score (nSPS) is 15.0. The number of ether oxygens (including phenoxy) is 2. The Bertz CT molecular complexity index is 525. The molecule has 2 rings (SSSR count). The van der Waals surface area contributed by atoms with Gasteiger partial charge in [-0.2, -0.15) is 0 Å². The molecule has 2 aromatic rings. The van der Waals surface area contributed by atoms with Gasteiger partial charge in [0.15, 0.2) is 6.29 Å². The van der Waals surface area contributed by atoms with Crippen LogP contribution in [0.2, 0.25) is 0 Å². The van der Waals surface area contributed by atoms with Gasteiger partial charge in [-0.3, -0.25) is 4.98 Å². The Morgan fingerprint density at radius 1 is 1.26 bits per heavy atom. The highest BCUT2D eigenvalue weighted by Gasteiger charge is 2.18. The first kappa shape index (κ1) is 14.4. The molecule has 104 valence electrons. The number of thiophene rings is 1. The number of nitrogens with one attached hydrogen (secondary N) is 1. The Balaban J connectivity index is 2.08. The van der Waals surface area contributed by atoms with Crippen LogP contribution in [0.25, 0.3) is 10.2 Å². The fourth-order valence-electron chi connectivity index (χ4n) is 2.17. The highest BCUT2D eigenvalue weighted by Crippen LogP contribution is 2.23. The van der Waals surface area contributed by atoms with Gasteiger partial charge in [-0.1, -0.05) is 0 Å². The molecule has 19 heavy (non-hydrogen) atoms. The van der Waals surface area contributed by atoms with E-state index in [0.717, 1.165) is 5.52 Å². The SMILES string of the molecule is COC(OC)C(C)NC(C)c1cnc2ccsc2c1. The summed E-state index contributed by atoms with van der Waals surface area (Å²) in [5.41, 5.74) is 2.23. The van der Waals surface area contributed by atoms with Crippen molar-refractivity contribution in [2.45, 2.75) is 32.2 Å². The minimum absolute atomic E-state index is 0.101. The van der Waals surface area contributed by atoms with E-state index in [1.165, 1.54) is 10.3 Å². The van der Waals surface area contributed by atoms with E-state index in [-0.39, 0.29) is 18.4 Å². The van der Waals surface area contributed by atoms with E-state index in [1.54, 1.807) is 25.6 Å². The van der Waals surface area contributed by atoms with Crippen LogP contribution in [0.3, 0.4) is 0 Å². The molecule has 1 N–H and O–H groups in total. The number of hydrogen-bond donors (Lipinski definition) is 1. The van der Waals surface area contributed by atoms with E-state index < -0.39 is 0 Å². The van der Waals surface area contributed by atoms with Crippen LogP contribution in [0.5, 0.6) is 0 Å². The molecule has 2 heterocycles. The van der Waals surface area contributed by atoms with E-state index in [1.807, 2.05) is 19.2 Å². The van der Waals surface area contributed by atoms with Crippen molar-refractivity contribution in [2.24, 2.45) is 0 Å². The summed E-state index contributed by atoms with van der Waals surface area (Å²) >= 11 is 1.71. The second-order valence-electron chi connectivity index (χ2n) is 4.59. The molecule has 0 bridgehead atoms. The van der Waals surface area contributed by atoms with E-state index in [0.29, 0.717) is 0 Å². The third-order valence-corrected chi connectivity index (χ3v) is 4.06. The summed E-state index contributed by atoms with van der Waals surface area (Å²) in [6.45, 7) is 4.17. The van der Waals surface area contributed by atoms with Gasteiger partial charge < -0.3 is 14.8 Å². The lowest BCUT2D eigenvalue weighted by molar-refractivity contribution is -0.120. The number of rotatable bonds is 6. The average molecular weight is 280 g/mol. The van der Waals surface area contributed by atoms with Crippen molar-refractivity contribution < 1.29 is 9.47 Å². The zero-order valence-electron chi connectivity index (χ0n) is 11.7. The minimum atomic E-state index is -0.249. The molecule has 0 saturated heterocycles. The molecule has 0 saturated carbocycles. The molecule has 2 atom stereocenters. The van der Waals surface area contributed by atoms with Crippen LogP contribution in [0.15, 0.2) is 23.7 Å². The summed E-state index contributed by atoms with van der Waals surface area (Å²) in [6, 6.07) is 4.52. The van der Waals surface area contributed by atoms with Gasteiger partial charge in [-0.15, -0.1) is 11.3 Å². The third kappa shape index (κ3) is 3.30. The summed E-state index contributed by atoms with van der Waals surface area (Å²) in [5, 5.41) is 5.53. The number of fused-ring (bicyclic) bond motifs is 1. The molecular weight excluding hydrogens is 260 g/mol. The predicted molar refractivity (Wildman–Crippen MR) is 78.4 cm³/mol. The van der Waals surface area contributed by atoms with Gasteiger partial charge in [-0.05, 0) is 36.9 Å². The lowest BCUT2D eigenvalue weighted by Crippen LogP contribution is -2.40. The van der Waals surface area contributed by atoms with Crippen molar-refractivity contribution in [3.05, 3.63) is 29.3 Å². The summed E-state index contributed by atoms with van der Waals surface area (Å²) in [5.74, 6) is 0. The van der Waals surface area contributed by atoms with Crippen molar-refractivity contribution in [3.63, 3.8) is 0 Å². The first-order valence-electron chi connectivity index (χ1n) is 6.30. The van der Waals surface area contributed by atoms with Crippen LogP contribution < -0.4 is 5.32 Å². The van der Waals surface area contributed by atoms with Gasteiger partial charge in [0, 0.05) is 26.5 Å². The molecular formula is C14H20N2O2S. The fourth-order valence-corrected chi connectivity index (χ4v) is 2.96. The molecule has 0 aromatic carbocycles. The van der Waals surface area contributed by atoms with Crippen molar-refractivity contribution in [1.82, 2.24) is 10.3 Å². The van der Waals surface area contributed by atoms with Gasteiger partial charge in [0.1, 0.15) is 0 Å². The standard InChI is InChI=1S/C14H20N2O2S/c1-9(16-10(2)14(17-3)18-4)11-7-13-12(15-8-11)5-6-19-13/h5-10,14,16H,1-4H3. The van der Waals surface area contributed by atoms with Gasteiger partial charge in [0.05, 0.1) is 16.3 Å². The maximum atomic E-state index is 5.26. The number of pyridine rings is 1. The molecule has 0 aliphatic carbocycles. The number of methoxy groups -OCH3 is 2. The first-order chi connectivity index (χ1) is 9.15. The van der Waals surface area contributed by atoms with E-state index in [2.05, 4.69) is 28.7 Å². The first-order valence-corrected chi connectivity index (χ1v) is 7.18. The zero-order valence-corrected chi connectivity index (χ0v) is 12.5. The molecule has 0 aliphatic rings. The average Bonchev–Trinajstić information content (AvgIpc) is 2.87. The maximum absolute atomic E-state index is 5.26. The van der Waals surface area contributed by atoms with Crippen molar-refractivity contribution in [2.75, 3.05) is 14.2 Å². The zero-order chi connectivity index (χ0) is 13.8. The molecule has 0 amide bonds. The number of aromatic nitrogens is 1. The van der Waals surface area contributed by atoms with Crippen LogP contribution >= 0.6 is 11.3 Å². The number of hydrogen-bond acceptors (Lipinski definition) is 5. The van der Waals surface area contributed by atoms with Crippen LogP contribution in [0.4, 0.5) is 0 Å². The van der Waals surface area contributed by atoms with Gasteiger partial charge >= 0.3 is 0 Å². The Morgan fingerprint density at radius 2 is 2.00 bits per heavy atom. The highest BCUT2D eigenvalue weighted by atomic mass is 32.1. The molecule has 5 heteroatoms. The molecule has 0 fully saturated rings. The molecule has 2 aromatic heterocycles. The smallest absolute Gasteiger partial charge is 0.171 e. The topological polar surface area (TPSA) is 43.4 Å². The fraction of sp³-hybridized carbons (Fsp3) is 0.500. The Labute approximate surface area is 117 Å². The van der Waals surface area contributed by atoms with Gasteiger partial charge in [0.25, 0.3) is 0 Å². The van der Waals surface area contributed by atoms with Crippen LogP contribution in [0.1, 0.15) is 25.5 Å². The summed E-state index contributed by atoms with van der Waals surface area (Å²) < 4.78 is 11.7. The highest BCUT2D eigenvalue weighted by molar-refractivity contribution is 7.17. The second kappa shape index (κ2) is 6.43. The number of nitrogens with zero attached hydrogens (tertiary/aromatic N) is 1.